The van der Waals surface area contributed by atoms with Crippen LogP contribution in [0.25, 0.3) is 0 Å². The Morgan fingerprint density at radius 1 is 0.794 bits per heavy atom. The Balaban J connectivity index is 1.63. The highest BCUT2D eigenvalue weighted by Gasteiger charge is 2.21. The molecular weight excluding hydrogens is 468 g/mol. The summed E-state index contributed by atoms with van der Waals surface area (Å²) in [5, 5.41) is 3.27. The highest BCUT2D eigenvalue weighted by molar-refractivity contribution is 7.92. The lowest BCUT2D eigenvalue weighted by molar-refractivity contribution is 0.0943. The van der Waals surface area contributed by atoms with Crippen LogP contribution in [-0.2, 0) is 10.0 Å². The number of aryl methyl sites for hydroxylation is 1. The van der Waals surface area contributed by atoms with E-state index in [0.29, 0.717) is 0 Å². The third kappa shape index (κ3) is 5.47. The zero-order valence-corrected chi connectivity index (χ0v) is 20.0. The number of nitrogens with one attached hydrogen (secondary N) is 2. The predicted octanol–water partition coefficient (Wildman–Crippen LogP) is 5.97. The molecule has 5 nitrogen and oxygen atoms in total. The van der Waals surface area contributed by atoms with Gasteiger partial charge in [-0.1, -0.05) is 90.0 Å². The lowest BCUT2D eigenvalue weighted by atomic mass is 9.97. The highest BCUT2D eigenvalue weighted by atomic mass is 35.5. The second kappa shape index (κ2) is 10.1. The van der Waals surface area contributed by atoms with Gasteiger partial charge in [0.05, 0.1) is 21.5 Å². The number of hydrogen-bond donors (Lipinski definition) is 2. The SMILES string of the molecule is Cc1ccc([C@H](NC(=O)c2cc(NS(=O)(=O)c3ccccc3)ccc2Cl)c2ccccc2)cc1. The van der Waals surface area contributed by atoms with Gasteiger partial charge in [-0.05, 0) is 48.4 Å². The van der Waals surface area contributed by atoms with E-state index in [1.54, 1.807) is 18.2 Å². The first kappa shape index (κ1) is 23.5. The van der Waals surface area contributed by atoms with Gasteiger partial charge in [0.15, 0.2) is 0 Å². The average molecular weight is 491 g/mol. The van der Waals surface area contributed by atoms with Crippen LogP contribution in [-0.4, -0.2) is 14.3 Å². The van der Waals surface area contributed by atoms with Crippen molar-refractivity contribution in [2.24, 2.45) is 0 Å². The maximum absolute atomic E-state index is 13.3. The van der Waals surface area contributed by atoms with Crippen molar-refractivity contribution in [3.8, 4) is 0 Å². The average Bonchev–Trinajstić information content (AvgIpc) is 2.85. The summed E-state index contributed by atoms with van der Waals surface area (Å²) in [5.41, 5.74) is 3.36. The molecule has 1 atom stereocenters. The number of halogens is 1. The minimum atomic E-state index is -3.81. The minimum Gasteiger partial charge on any atom is -0.341 e. The Morgan fingerprint density at radius 3 is 2.03 bits per heavy atom. The second-order valence-electron chi connectivity index (χ2n) is 7.84. The zero-order chi connectivity index (χ0) is 24.1. The van der Waals surface area contributed by atoms with E-state index in [1.807, 2.05) is 61.5 Å². The van der Waals surface area contributed by atoms with Crippen LogP contribution in [0.4, 0.5) is 5.69 Å². The number of carbonyl (C=O) groups is 1. The van der Waals surface area contributed by atoms with E-state index < -0.39 is 22.0 Å². The maximum atomic E-state index is 13.3. The summed E-state index contributed by atoms with van der Waals surface area (Å²) in [6, 6.07) is 29.6. The van der Waals surface area contributed by atoms with Gasteiger partial charge >= 0.3 is 0 Å². The van der Waals surface area contributed by atoms with E-state index in [4.69, 9.17) is 11.6 Å². The molecule has 1 amide bonds. The third-order valence-corrected chi connectivity index (χ3v) is 7.06. The summed E-state index contributed by atoms with van der Waals surface area (Å²) < 4.78 is 27.9. The van der Waals surface area contributed by atoms with Gasteiger partial charge < -0.3 is 5.32 Å². The molecule has 0 radical (unpaired) electrons. The molecule has 0 aliphatic carbocycles. The first-order chi connectivity index (χ1) is 16.3. The van der Waals surface area contributed by atoms with Gasteiger partial charge in [0.1, 0.15) is 0 Å². The fourth-order valence-corrected chi connectivity index (χ4v) is 4.82. The van der Waals surface area contributed by atoms with E-state index in [9.17, 15) is 13.2 Å². The van der Waals surface area contributed by atoms with Crippen LogP contribution in [0.3, 0.4) is 0 Å². The van der Waals surface area contributed by atoms with E-state index in [0.717, 1.165) is 16.7 Å². The van der Waals surface area contributed by atoms with Crippen molar-refractivity contribution in [1.29, 1.82) is 0 Å². The molecular formula is C27H23ClN2O3S. The van der Waals surface area contributed by atoms with Crippen LogP contribution >= 0.6 is 11.6 Å². The Bertz CT molecular complexity index is 1390. The van der Waals surface area contributed by atoms with Crippen molar-refractivity contribution in [2.45, 2.75) is 17.9 Å². The molecule has 0 saturated heterocycles. The Labute approximate surface area is 204 Å². The standard InChI is InChI=1S/C27H23ClN2O3S/c1-19-12-14-21(15-13-19)26(20-8-4-2-5-9-20)29-27(31)24-18-22(16-17-25(24)28)30-34(32,33)23-10-6-3-7-11-23/h2-18,26,30H,1H3,(H,29,31)/t26-/m1/s1. The third-order valence-electron chi connectivity index (χ3n) is 5.34. The predicted molar refractivity (Wildman–Crippen MR) is 136 cm³/mol. The number of hydrogen-bond acceptors (Lipinski definition) is 3. The summed E-state index contributed by atoms with van der Waals surface area (Å²) in [4.78, 5) is 13.4. The van der Waals surface area contributed by atoms with Crippen molar-refractivity contribution in [3.63, 3.8) is 0 Å². The van der Waals surface area contributed by atoms with Gasteiger partial charge in [0.25, 0.3) is 15.9 Å². The summed E-state index contributed by atoms with van der Waals surface area (Å²) in [7, 11) is -3.81. The first-order valence-electron chi connectivity index (χ1n) is 10.6. The van der Waals surface area contributed by atoms with Crippen molar-refractivity contribution in [2.75, 3.05) is 4.72 Å². The minimum absolute atomic E-state index is 0.125. The van der Waals surface area contributed by atoms with E-state index in [1.165, 1.54) is 30.3 Å². The summed E-state index contributed by atoms with van der Waals surface area (Å²) >= 11 is 6.34. The molecule has 4 aromatic rings. The molecule has 4 aromatic carbocycles. The van der Waals surface area contributed by atoms with E-state index >= 15 is 0 Å². The van der Waals surface area contributed by atoms with Crippen LogP contribution in [0.1, 0.15) is 33.1 Å². The molecule has 2 N–H and O–H groups in total. The van der Waals surface area contributed by atoms with Gasteiger partial charge in [-0.2, -0.15) is 0 Å². The van der Waals surface area contributed by atoms with Gasteiger partial charge in [-0.25, -0.2) is 8.42 Å². The van der Waals surface area contributed by atoms with Crippen LogP contribution in [0, 0.1) is 6.92 Å². The van der Waals surface area contributed by atoms with Crippen LogP contribution in [0.5, 0.6) is 0 Å². The van der Waals surface area contributed by atoms with Crippen molar-refractivity contribution < 1.29 is 13.2 Å². The normalized spacial score (nSPS) is 12.1. The lowest BCUT2D eigenvalue weighted by Gasteiger charge is -2.21. The molecule has 34 heavy (non-hydrogen) atoms. The number of benzene rings is 4. The molecule has 0 unspecified atom stereocenters. The molecule has 0 aliphatic heterocycles. The molecule has 0 aromatic heterocycles. The molecule has 0 aliphatic rings. The van der Waals surface area contributed by atoms with Gasteiger partial charge in [0.2, 0.25) is 0 Å². The van der Waals surface area contributed by atoms with Crippen molar-refractivity contribution in [1.82, 2.24) is 5.32 Å². The second-order valence-corrected chi connectivity index (χ2v) is 9.93. The fraction of sp³-hybridized carbons (Fsp3) is 0.0741. The van der Waals surface area contributed by atoms with Crippen molar-refractivity contribution in [3.05, 3.63) is 130 Å². The Kier molecular flexibility index (Phi) is 7.01. The molecule has 0 bridgehead atoms. The smallest absolute Gasteiger partial charge is 0.261 e. The van der Waals surface area contributed by atoms with Crippen LogP contribution < -0.4 is 10.0 Å². The molecule has 4 rings (SSSR count). The van der Waals surface area contributed by atoms with E-state index in [-0.39, 0.29) is 21.2 Å². The fourth-order valence-electron chi connectivity index (χ4n) is 3.55. The lowest BCUT2D eigenvalue weighted by Crippen LogP contribution is -2.29. The Hall–Kier alpha value is -3.61. The number of sulfonamides is 1. The number of carbonyl (C=O) groups excluding carboxylic acids is 1. The summed E-state index contributed by atoms with van der Waals surface area (Å²) in [6.45, 7) is 2.00. The number of anilines is 1. The maximum Gasteiger partial charge on any atom is 0.261 e. The number of amides is 1. The molecule has 0 fully saturated rings. The van der Waals surface area contributed by atoms with Crippen LogP contribution in [0.2, 0.25) is 5.02 Å². The molecule has 0 heterocycles. The number of rotatable bonds is 7. The molecule has 172 valence electrons. The zero-order valence-electron chi connectivity index (χ0n) is 18.4. The molecule has 0 saturated carbocycles. The van der Waals surface area contributed by atoms with Gasteiger partial charge in [0, 0.05) is 5.69 Å². The monoisotopic (exact) mass is 490 g/mol. The Morgan fingerprint density at radius 2 is 1.38 bits per heavy atom. The molecule has 0 spiro atoms. The van der Waals surface area contributed by atoms with Crippen LogP contribution in [0.15, 0.2) is 108 Å². The molecule has 7 heteroatoms. The largest absolute Gasteiger partial charge is 0.341 e. The first-order valence-corrected chi connectivity index (χ1v) is 12.5. The van der Waals surface area contributed by atoms with Gasteiger partial charge in [-0.3, -0.25) is 9.52 Å². The topological polar surface area (TPSA) is 75.3 Å². The summed E-state index contributed by atoms with van der Waals surface area (Å²) in [6.07, 6.45) is 0. The quantitative estimate of drug-likeness (QED) is 0.335. The van der Waals surface area contributed by atoms with Crippen molar-refractivity contribution >= 4 is 33.2 Å². The summed E-state index contributed by atoms with van der Waals surface area (Å²) in [5.74, 6) is -0.416. The van der Waals surface area contributed by atoms with Gasteiger partial charge in [-0.15, -0.1) is 0 Å². The van der Waals surface area contributed by atoms with E-state index in [2.05, 4.69) is 10.0 Å². The highest BCUT2D eigenvalue weighted by Crippen LogP contribution is 2.26.